The van der Waals surface area contributed by atoms with Crippen LogP contribution in [-0.2, 0) is 16.1 Å². The molecule has 2 heterocycles. The van der Waals surface area contributed by atoms with Gasteiger partial charge in [0, 0.05) is 39.1 Å². The molecule has 0 saturated carbocycles. The van der Waals surface area contributed by atoms with Gasteiger partial charge in [0.05, 0.1) is 17.6 Å². The number of methoxy groups -OCH3 is 1. The number of para-hydroxylation sites is 2. The highest BCUT2D eigenvalue weighted by Gasteiger charge is 2.33. The van der Waals surface area contributed by atoms with Gasteiger partial charge in [-0.1, -0.05) is 18.2 Å². The highest BCUT2D eigenvalue weighted by molar-refractivity contribution is 5.80. The first kappa shape index (κ1) is 14.8. The van der Waals surface area contributed by atoms with Crippen molar-refractivity contribution < 1.29 is 9.53 Å². The third kappa shape index (κ3) is 2.64. The van der Waals surface area contributed by atoms with E-state index in [0.29, 0.717) is 32.7 Å². The Morgan fingerprint density at radius 3 is 3.05 bits per heavy atom. The molecule has 1 aliphatic heterocycles. The van der Waals surface area contributed by atoms with Gasteiger partial charge < -0.3 is 14.2 Å². The van der Waals surface area contributed by atoms with E-state index in [1.54, 1.807) is 7.11 Å². The van der Waals surface area contributed by atoms with Crippen LogP contribution in [0.1, 0.15) is 18.2 Å². The SMILES string of the molecule is C=CCn1c(C2CC(=O)N(CCOC)C2)nc2ccccc21. The van der Waals surface area contributed by atoms with E-state index in [2.05, 4.69) is 17.2 Å². The number of ether oxygens (including phenoxy) is 1. The van der Waals surface area contributed by atoms with Crippen LogP contribution in [0.5, 0.6) is 0 Å². The van der Waals surface area contributed by atoms with E-state index in [0.717, 1.165) is 16.9 Å². The van der Waals surface area contributed by atoms with Crippen molar-refractivity contribution in [2.45, 2.75) is 18.9 Å². The van der Waals surface area contributed by atoms with Gasteiger partial charge in [-0.05, 0) is 12.1 Å². The lowest BCUT2D eigenvalue weighted by atomic mass is 10.1. The number of hydrogen-bond acceptors (Lipinski definition) is 3. The van der Waals surface area contributed by atoms with Crippen LogP contribution >= 0.6 is 0 Å². The van der Waals surface area contributed by atoms with Crippen molar-refractivity contribution in [1.82, 2.24) is 14.5 Å². The molecule has 1 fully saturated rings. The van der Waals surface area contributed by atoms with Gasteiger partial charge in [0.2, 0.25) is 5.91 Å². The number of likely N-dealkylation sites (tertiary alicyclic amines) is 1. The monoisotopic (exact) mass is 299 g/mol. The summed E-state index contributed by atoms with van der Waals surface area (Å²) in [7, 11) is 1.65. The first-order chi connectivity index (χ1) is 10.7. The Hall–Kier alpha value is -2.14. The van der Waals surface area contributed by atoms with Crippen LogP contribution in [0.2, 0.25) is 0 Å². The van der Waals surface area contributed by atoms with Gasteiger partial charge in [0.1, 0.15) is 5.82 Å². The molecule has 22 heavy (non-hydrogen) atoms. The molecule has 5 heteroatoms. The molecule has 0 radical (unpaired) electrons. The fourth-order valence-electron chi connectivity index (χ4n) is 3.09. The van der Waals surface area contributed by atoms with E-state index >= 15 is 0 Å². The molecular formula is C17H21N3O2. The Balaban J connectivity index is 1.91. The maximum atomic E-state index is 12.2. The Labute approximate surface area is 130 Å². The van der Waals surface area contributed by atoms with Crippen molar-refractivity contribution in [2.24, 2.45) is 0 Å². The summed E-state index contributed by atoms with van der Waals surface area (Å²) in [6.45, 7) is 6.47. The van der Waals surface area contributed by atoms with Gasteiger partial charge in [-0.3, -0.25) is 4.79 Å². The minimum atomic E-state index is 0.136. The summed E-state index contributed by atoms with van der Waals surface area (Å²) in [5, 5.41) is 0. The van der Waals surface area contributed by atoms with Crippen LogP contribution in [0.4, 0.5) is 0 Å². The minimum absolute atomic E-state index is 0.136. The molecule has 1 saturated heterocycles. The summed E-state index contributed by atoms with van der Waals surface area (Å²) in [6, 6.07) is 8.08. The molecule has 116 valence electrons. The Morgan fingerprint density at radius 1 is 1.45 bits per heavy atom. The van der Waals surface area contributed by atoms with Crippen LogP contribution < -0.4 is 0 Å². The second-order valence-electron chi connectivity index (χ2n) is 5.59. The smallest absolute Gasteiger partial charge is 0.223 e. The molecule has 1 amide bonds. The molecule has 1 aromatic heterocycles. The van der Waals surface area contributed by atoms with Crippen molar-refractivity contribution in [2.75, 3.05) is 26.8 Å². The van der Waals surface area contributed by atoms with E-state index in [-0.39, 0.29) is 11.8 Å². The molecule has 0 N–H and O–H groups in total. The number of carbonyl (C=O) groups is 1. The predicted molar refractivity (Wildman–Crippen MR) is 85.7 cm³/mol. The maximum Gasteiger partial charge on any atom is 0.223 e. The molecule has 0 spiro atoms. The number of hydrogen-bond donors (Lipinski definition) is 0. The van der Waals surface area contributed by atoms with Crippen molar-refractivity contribution >= 4 is 16.9 Å². The molecular weight excluding hydrogens is 278 g/mol. The average Bonchev–Trinajstić information content (AvgIpc) is 3.07. The summed E-state index contributed by atoms with van der Waals surface area (Å²) in [5.74, 6) is 1.30. The molecule has 2 aromatic rings. The van der Waals surface area contributed by atoms with E-state index in [9.17, 15) is 4.79 Å². The summed E-state index contributed by atoms with van der Waals surface area (Å²) in [5.41, 5.74) is 2.07. The predicted octanol–water partition coefficient (Wildman–Crippen LogP) is 2.18. The van der Waals surface area contributed by atoms with Gasteiger partial charge in [-0.25, -0.2) is 4.98 Å². The molecule has 0 bridgehead atoms. The van der Waals surface area contributed by atoms with Crippen LogP contribution in [0.15, 0.2) is 36.9 Å². The van der Waals surface area contributed by atoms with Gasteiger partial charge in [-0.15, -0.1) is 6.58 Å². The van der Waals surface area contributed by atoms with E-state index in [4.69, 9.17) is 9.72 Å². The largest absolute Gasteiger partial charge is 0.383 e. The number of amides is 1. The molecule has 1 unspecified atom stereocenters. The Kier molecular flexibility index (Phi) is 4.24. The zero-order chi connectivity index (χ0) is 15.5. The van der Waals surface area contributed by atoms with Crippen LogP contribution in [0, 0.1) is 0 Å². The number of carbonyl (C=O) groups excluding carboxylic acids is 1. The fourth-order valence-corrected chi connectivity index (χ4v) is 3.09. The van der Waals surface area contributed by atoms with Crippen molar-refractivity contribution in [1.29, 1.82) is 0 Å². The van der Waals surface area contributed by atoms with E-state index in [1.165, 1.54) is 0 Å². The first-order valence-electron chi connectivity index (χ1n) is 7.57. The van der Waals surface area contributed by atoms with Crippen LogP contribution in [0.3, 0.4) is 0 Å². The molecule has 5 nitrogen and oxygen atoms in total. The standard InChI is InChI=1S/C17H21N3O2/c1-3-8-20-15-7-5-4-6-14(15)18-17(20)13-11-16(21)19(12-13)9-10-22-2/h3-7,13H,1,8-12H2,2H3. The quantitative estimate of drug-likeness (QED) is 0.768. The van der Waals surface area contributed by atoms with Crippen LogP contribution in [0.25, 0.3) is 11.0 Å². The highest BCUT2D eigenvalue weighted by atomic mass is 16.5. The summed E-state index contributed by atoms with van der Waals surface area (Å²) >= 11 is 0. The second-order valence-corrected chi connectivity index (χ2v) is 5.59. The van der Waals surface area contributed by atoms with Gasteiger partial charge in [0.25, 0.3) is 0 Å². The van der Waals surface area contributed by atoms with E-state index < -0.39 is 0 Å². The molecule has 0 aliphatic carbocycles. The Morgan fingerprint density at radius 2 is 2.27 bits per heavy atom. The summed E-state index contributed by atoms with van der Waals surface area (Å²) in [6.07, 6.45) is 2.39. The topological polar surface area (TPSA) is 47.4 Å². The minimum Gasteiger partial charge on any atom is -0.383 e. The number of fused-ring (bicyclic) bond motifs is 1. The zero-order valence-electron chi connectivity index (χ0n) is 12.9. The lowest BCUT2D eigenvalue weighted by molar-refractivity contribution is -0.128. The summed E-state index contributed by atoms with van der Waals surface area (Å²) < 4.78 is 7.24. The number of benzene rings is 1. The van der Waals surface area contributed by atoms with Gasteiger partial charge in [0.15, 0.2) is 0 Å². The lowest BCUT2D eigenvalue weighted by Gasteiger charge is -2.16. The number of rotatable bonds is 6. The van der Waals surface area contributed by atoms with Crippen molar-refractivity contribution in [3.63, 3.8) is 0 Å². The van der Waals surface area contributed by atoms with Gasteiger partial charge in [-0.2, -0.15) is 0 Å². The zero-order valence-corrected chi connectivity index (χ0v) is 12.9. The first-order valence-corrected chi connectivity index (χ1v) is 7.57. The molecule has 1 atom stereocenters. The molecule has 1 aromatic carbocycles. The number of allylic oxidation sites excluding steroid dienone is 1. The van der Waals surface area contributed by atoms with Crippen molar-refractivity contribution in [3.05, 3.63) is 42.7 Å². The van der Waals surface area contributed by atoms with Crippen LogP contribution in [-0.4, -0.2) is 47.2 Å². The van der Waals surface area contributed by atoms with E-state index in [1.807, 2.05) is 29.2 Å². The third-order valence-electron chi connectivity index (χ3n) is 4.14. The fraction of sp³-hybridized carbons (Fsp3) is 0.412. The number of imidazole rings is 1. The number of nitrogens with zero attached hydrogens (tertiary/aromatic N) is 3. The third-order valence-corrected chi connectivity index (χ3v) is 4.14. The molecule has 1 aliphatic rings. The maximum absolute atomic E-state index is 12.2. The second kappa shape index (κ2) is 6.32. The van der Waals surface area contributed by atoms with Crippen molar-refractivity contribution in [3.8, 4) is 0 Å². The Bertz CT molecular complexity index is 692. The number of aromatic nitrogens is 2. The normalized spacial score (nSPS) is 18.3. The average molecular weight is 299 g/mol. The van der Waals surface area contributed by atoms with Gasteiger partial charge >= 0.3 is 0 Å². The summed E-state index contributed by atoms with van der Waals surface area (Å²) in [4.78, 5) is 18.8. The lowest BCUT2D eigenvalue weighted by Crippen LogP contribution is -2.28. The molecule has 3 rings (SSSR count). The highest BCUT2D eigenvalue weighted by Crippen LogP contribution is 2.30.